The van der Waals surface area contributed by atoms with Gasteiger partial charge in [-0.3, -0.25) is 4.90 Å². The monoisotopic (exact) mass is 425 g/mol. The molecule has 2 aliphatic rings. The molecule has 1 aliphatic heterocycles. The summed E-state index contributed by atoms with van der Waals surface area (Å²) in [5, 5.41) is 22.2. The molecule has 1 aliphatic carbocycles. The topological polar surface area (TPSA) is 52.9 Å². The third-order valence-corrected chi connectivity index (χ3v) is 6.50. The van der Waals surface area contributed by atoms with E-state index in [1.165, 1.54) is 0 Å². The average Bonchev–Trinajstić information content (AvgIpc) is 3.10. The highest BCUT2D eigenvalue weighted by Crippen LogP contribution is 2.59. The van der Waals surface area contributed by atoms with Gasteiger partial charge < -0.3 is 14.9 Å². The van der Waals surface area contributed by atoms with Gasteiger partial charge in [0, 0.05) is 31.5 Å². The van der Waals surface area contributed by atoms with Crippen LogP contribution in [-0.2, 0) is 6.61 Å². The van der Waals surface area contributed by atoms with Crippen LogP contribution in [0, 0.1) is 11.8 Å². The van der Waals surface area contributed by atoms with Crippen LogP contribution in [-0.4, -0.2) is 53.4 Å². The molecule has 2 fully saturated rings. The molecule has 0 bridgehead atoms. The van der Waals surface area contributed by atoms with Gasteiger partial charge in [0.05, 0.1) is 6.61 Å². The van der Waals surface area contributed by atoms with Gasteiger partial charge in [0.2, 0.25) is 0 Å². The Morgan fingerprint density at radius 1 is 1.00 bits per heavy atom. The van der Waals surface area contributed by atoms with Crippen LogP contribution in [0.1, 0.15) is 5.56 Å². The molecule has 1 saturated carbocycles. The molecule has 3 unspecified atom stereocenters. The summed E-state index contributed by atoms with van der Waals surface area (Å²) in [5.74, 6) is -2.98. The first-order valence-corrected chi connectivity index (χ1v) is 10.6. The second-order valence-corrected chi connectivity index (χ2v) is 8.58. The Morgan fingerprint density at radius 3 is 2.48 bits per heavy atom. The smallest absolute Gasteiger partial charge is 0.257 e. The largest absolute Gasteiger partial charge is 0.491 e. The fraction of sp³-hybridized carbons (Fsp3) is 0.360. The number of benzene rings is 3. The number of hydrogen-bond acceptors (Lipinski definition) is 4. The first-order chi connectivity index (χ1) is 15.0. The number of alkyl halides is 2. The first kappa shape index (κ1) is 20.4. The molecule has 1 heterocycles. The zero-order chi connectivity index (χ0) is 21.6. The summed E-state index contributed by atoms with van der Waals surface area (Å²) in [6.45, 7) is 1.03. The maximum Gasteiger partial charge on any atom is 0.257 e. The van der Waals surface area contributed by atoms with Gasteiger partial charge in [-0.05, 0) is 39.6 Å². The number of hydrogen-bond donors (Lipinski definition) is 2. The van der Waals surface area contributed by atoms with Crippen LogP contribution >= 0.6 is 0 Å². The summed E-state index contributed by atoms with van der Waals surface area (Å²) in [5.41, 5.74) is 2.72. The minimum Gasteiger partial charge on any atom is -0.491 e. The normalized spacial score (nSPS) is 23.0. The van der Waals surface area contributed by atoms with Crippen molar-refractivity contribution in [1.82, 2.24) is 4.90 Å². The van der Waals surface area contributed by atoms with E-state index in [4.69, 9.17) is 4.74 Å². The predicted molar refractivity (Wildman–Crippen MR) is 115 cm³/mol. The van der Waals surface area contributed by atoms with Crippen LogP contribution in [0.2, 0.25) is 0 Å². The maximum absolute atomic E-state index is 13.4. The second-order valence-electron chi connectivity index (χ2n) is 8.58. The van der Waals surface area contributed by atoms with E-state index >= 15 is 0 Å². The van der Waals surface area contributed by atoms with Crippen LogP contribution in [0.15, 0.2) is 60.7 Å². The molecule has 3 aromatic rings. The number of nitrogens with zero attached hydrogens (tertiary/aromatic N) is 1. The van der Waals surface area contributed by atoms with E-state index in [9.17, 15) is 19.0 Å². The lowest BCUT2D eigenvalue weighted by Crippen LogP contribution is -2.37. The van der Waals surface area contributed by atoms with Gasteiger partial charge in [0.15, 0.2) is 0 Å². The molecule has 162 valence electrons. The zero-order valence-corrected chi connectivity index (χ0v) is 17.0. The Bertz CT molecular complexity index is 1090. The number of likely N-dealkylation sites (tertiary alicyclic amines) is 1. The van der Waals surface area contributed by atoms with E-state index < -0.39 is 23.9 Å². The lowest BCUT2D eigenvalue weighted by molar-refractivity contribution is 0.0302. The summed E-state index contributed by atoms with van der Waals surface area (Å²) in [6, 6.07) is 19.5. The molecule has 31 heavy (non-hydrogen) atoms. The highest BCUT2D eigenvalue weighted by atomic mass is 19.3. The van der Waals surface area contributed by atoms with Crippen molar-refractivity contribution in [3.63, 3.8) is 0 Å². The maximum atomic E-state index is 13.4. The van der Waals surface area contributed by atoms with Gasteiger partial charge in [-0.2, -0.15) is 0 Å². The van der Waals surface area contributed by atoms with Gasteiger partial charge in [-0.1, -0.05) is 48.5 Å². The quantitative estimate of drug-likeness (QED) is 0.602. The number of ether oxygens (including phenoxy) is 1. The Balaban J connectivity index is 1.32. The van der Waals surface area contributed by atoms with E-state index in [0.29, 0.717) is 25.4 Å². The van der Waals surface area contributed by atoms with E-state index in [1.807, 2.05) is 65.6 Å². The summed E-state index contributed by atoms with van der Waals surface area (Å²) in [4.78, 5) is 1.89. The molecular formula is C25H25F2NO3. The predicted octanol–water partition coefficient (Wildman–Crippen LogP) is 3.94. The minimum absolute atomic E-state index is 0.0643. The zero-order valence-electron chi connectivity index (χ0n) is 17.0. The van der Waals surface area contributed by atoms with Crippen molar-refractivity contribution in [1.29, 1.82) is 0 Å². The molecule has 0 amide bonds. The molecule has 0 aromatic heterocycles. The minimum atomic E-state index is -2.51. The summed E-state index contributed by atoms with van der Waals surface area (Å²) >= 11 is 0. The molecule has 2 N–H and O–H groups in total. The lowest BCUT2D eigenvalue weighted by atomic mass is 9.94. The van der Waals surface area contributed by atoms with Crippen LogP contribution < -0.4 is 4.74 Å². The SMILES string of the molecule is OCc1ccccc1-c1cc(OCC(O)CN2CC3C(C2)C3(F)F)cc2ccccc12. The van der Waals surface area contributed by atoms with E-state index in [2.05, 4.69) is 0 Å². The Kier molecular flexibility index (Phi) is 5.16. The van der Waals surface area contributed by atoms with Crippen molar-refractivity contribution in [2.75, 3.05) is 26.2 Å². The fourth-order valence-corrected chi connectivity index (χ4v) is 4.79. The molecule has 0 radical (unpaired) electrons. The summed E-state index contributed by atoms with van der Waals surface area (Å²) < 4.78 is 32.6. The molecule has 1 saturated heterocycles. The Labute approximate surface area is 179 Å². The number of aliphatic hydroxyl groups is 2. The van der Waals surface area contributed by atoms with E-state index in [1.54, 1.807) is 0 Å². The highest BCUT2D eigenvalue weighted by Gasteiger charge is 2.71. The average molecular weight is 425 g/mol. The fourth-order valence-electron chi connectivity index (χ4n) is 4.79. The van der Waals surface area contributed by atoms with Gasteiger partial charge in [0.25, 0.3) is 5.92 Å². The molecule has 4 nitrogen and oxygen atoms in total. The van der Waals surface area contributed by atoms with Gasteiger partial charge >= 0.3 is 0 Å². The van der Waals surface area contributed by atoms with Crippen molar-refractivity contribution in [3.8, 4) is 16.9 Å². The molecule has 3 atom stereocenters. The molecule has 6 heteroatoms. The van der Waals surface area contributed by atoms with E-state index in [0.717, 1.165) is 27.5 Å². The third kappa shape index (κ3) is 3.80. The third-order valence-electron chi connectivity index (χ3n) is 6.50. The van der Waals surface area contributed by atoms with Crippen LogP contribution in [0.4, 0.5) is 8.78 Å². The van der Waals surface area contributed by atoms with Crippen molar-refractivity contribution >= 4 is 10.8 Å². The first-order valence-electron chi connectivity index (χ1n) is 10.6. The van der Waals surface area contributed by atoms with Gasteiger partial charge in [-0.25, -0.2) is 8.78 Å². The molecule has 3 aromatic carbocycles. The number of aliphatic hydroxyl groups excluding tert-OH is 2. The number of fused-ring (bicyclic) bond motifs is 2. The number of piperidine rings is 1. The van der Waals surface area contributed by atoms with E-state index in [-0.39, 0.29) is 13.2 Å². The number of halogens is 2. The van der Waals surface area contributed by atoms with Gasteiger partial charge in [-0.15, -0.1) is 0 Å². The van der Waals surface area contributed by atoms with Crippen LogP contribution in [0.3, 0.4) is 0 Å². The molecule has 0 spiro atoms. The Hall–Kier alpha value is -2.54. The van der Waals surface area contributed by atoms with Crippen molar-refractivity contribution < 1.29 is 23.7 Å². The molecular weight excluding hydrogens is 400 g/mol. The van der Waals surface area contributed by atoms with Crippen LogP contribution in [0.25, 0.3) is 21.9 Å². The van der Waals surface area contributed by atoms with Crippen LogP contribution in [0.5, 0.6) is 5.75 Å². The molecule has 5 rings (SSSR count). The standard InChI is InChI=1S/C25H25F2NO3/c26-25(27)23-12-28(13-24(23)25)11-18(30)15-31-19-9-16-5-1-3-7-20(16)22(10-19)21-8-4-2-6-17(21)14-29/h1-10,18,23-24,29-30H,11-15H2. The lowest BCUT2D eigenvalue weighted by Gasteiger charge is -2.23. The summed E-state index contributed by atoms with van der Waals surface area (Å²) in [7, 11) is 0. The second kappa shape index (κ2) is 7.86. The van der Waals surface area contributed by atoms with Crippen molar-refractivity contribution in [3.05, 3.63) is 66.2 Å². The number of rotatable bonds is 7. The van der Waals surface area contributed by atoms with Crippen molar-refractivity contribution in [2.24, 2.45) is 11.8 Å². The van der Waals surface area contributed by atoms with Crippen molar-refractivity contribution in [2.45, 2.75) is 18.6 Å². The number of β-amino-alcohol motifs (C(OH)–C–C–N with tert-alkyl or cyclic N) is 1. The summed E-state index contributed by atoms with van der Waals surface area (Å²) in [6.07, 6.45) is -0.759. The van der Waals surface area contributed by atoms with Gasteiger partial charge in [0.1, 0.15) is 18.5 Å². The Morgan fingerprint density at radius 2 is 1.71 bits per heavy atom. The highest BCUT2D eigenvalue weighted by molar-refractivity contribution is 5.98.